The summed E-state index contributed by atoms with van der Waals surface area (Å²) in [5.74, 6) is -0.0615. The fourth-order valence-electron chi connectivity index (χ4n) is 2.31. The van der Waals surface area contributed by atoms with Gasteiger partial charge in [0.1, 0.15) is 6.04 Å². The molecule has 2 atom stereocenters. The Labute approximate surface area is 98.2 Å². The van der Waals surface area contributed by atoms with Crippen LogP contribution in [-0.4, -0.2) is 60.6 Å². The maximum atomic E-state index is 11.2. The summed E-state index contributed by atoms with van der Waals surface area (Å²) in [6.07, 6.45) is 3.07. The molecule has 1 rings (SSSR count). The number of piperidine rings is 1. The van der Waals surface area contributed by atoms with Crippen molar-refractivity contribution in [3.8, 4) is 0 Å². The third-order valence-electron chi connectivity index (χ3n) is 3.52. The minimum atomic E-state index is -0.656. The summed E-state index contributed by atoms with van der Waals surface area (Å²) >= 11 is 0. The van der Waals surface area contributed by atoms with E-state index < -0.39 is 5.97 Å². The summed E-state index contributed by atoms with van der Waals surface area (Å²) in [5.41, 5.74) is 0. The molecule has 16 heavy (non-hydrogen) atoms. The molecule has 0 aliphatic carbocycles. The van der Waals surface area contributed by atoms with Crippen LogP contribution in [0.25, 0.3) is 0 Å². The Morgan fingerprint density at radius 3 is 2.69 bits per heavy atom. The molecule has 0 spiro atoms. The number of aliphatic carboxylic acids is 1. The van der Waals surface area contributed by atoms with E-state index in [1.54, 1.807) is 0 Å². The fourth-order valence-corrected chi connectivity index (χ4v) is 2.31. The quantitative estimate of drug-likeness (QED) is 0.766. The van der Waals surface area contributed by atoms with Gasteiger partial charge in [0.25, 0.3) is 0 Å². The number of carbonyl (C=O) groups is 1. The molecule has 1 fully saturated rings. The summed E-state index contributed by atoms with van der Waals surface area (Å²) < 4.78 is 0. The molecule has 0 amide bonds. The lowest BCUT2D eigenvalue weighted by Crippen LogP contribution is -2.49. The van der Waals surface area contributed by atoms with Gasteiger partial charge >= 0.3 is 5.97 Å². The molecule has 1 aliphatic rings. The van der Waals surface area contributed by atoms with Crippen LogP contribution in [0.4, 0.5) is 0 Å². The van der Waals surface area contributed by atoms with E-state index in [9.17, 15) is 9.90 Å². The zero-order valence-electron chi connectivity index (χ0n) is 10.6. The first-order chi connectivity index (χ1) is 7.54. The molecule has 4 nitrogen and oxygen atoms in total. The highest BCUT2D eigenvalue weighted by atomic mass is 16.4. The highest BCUT2D eigenvalue weighted by Crippen LogP contribution is 2.25. The van der Waals surface area contributed by atoms with E-state index >= 15 is 0 Å². The number of rotatable bonds is 5. The second-order valence-corrected chi connectivity index (χ2v) is 4.99. The Balaban J connectivity index is 2.51. The molecular formula is C12H24N2O2. The van der Waals surface area contributed by atoms with Crippen molar-refractivity contribution in [2.24, 2.45) is 5.92 Å². The van der Waals surface area contributed by atoms with E-state index in [1.165, 1.54) is 0 Å². The van der Waals surface area contributed by atoms with Crippen molar-refractivity contribution in [2.45, 2.75) is 32.2 Å². The average Bonchev–Trinajstić information content (AvgIpc) is 2.25. The lowest BCUT2D eigenvalue weighted by atomic mass is 9.89. The van der Waals surface area contributed by atoms with E-state index in [4.69, 9.17) is 0 Å². The van der Waals surface area contributed by atoms with E-state index in [0.29, 0.717) is 5.92 Å². The smallest absolute Gasteiger partial charge is 0.320 e. The molecule has 0 aromatic carbocycles. The average molecular weight is 228 g/mol. The van der Waals surface area contributed by atoms with E-state index in [2.05, 4.69) is 16.7 Å². The lowest BCUT2D eigenvalue weighted by Gasteiger charge is -2.37. The van der Waals surface area contributed by atoms with Crippen LogP contribution in [0.15, 0.2) is 0 Å². The van der Waals surface area contributed by atoms with Gasteiger partial charge in [-0.3, -0.25) is 9.69 Å². The van der Waals surface area contributed by atoms with Crippen LogP contribution in [-0.2, 0) is 4.79 Å². The van der Waals surface area contributed by atoms with Crippen LogP contribution in [0, 0.1) is 5.92 Å². The van der Waals surface area contributed by atoms with Gasteiger partial charge in [-0.15, -0.1) is 0 Å². The predicted molar refractivity (Wildman–Crippen MR) is 64.6 cm³/mol. The van der Waals surface area contributed by atoms with Gasteiger partial charge in [0.2, 0.25) is 0 Å². The van der Waals surface area contributed by atoms with Crippen molar-refractivity contribution in [3.63, 3.8) is 0 Å². The number of likely N-dealkylation sites (N-methyl/N-ethyl adjacent to an activating group) is 1. The Morgan fingerprint density at radius 1 is 1.50 bits per heavy atom. The van der Waals surface area contributed by atoms with E-state index in [1.807, 2.05) is 14.1 Å². The molecular weight excluding hydrogens is 204 g/mol. The van der Waals surface area contributed by atoms with Crippen LogP contribution in [0.5, 0.6) is 0 Å². The molecule has 0 radical (unpaired) electrons. The number of carboxylic acid groups (broad SMARTS) is 1. The SMILES string of the molecule is CCC1CCN(CCN(C)C)C(C(=O)O)C1. The highest BCUT2D eigenvalue weighted by Gasteiger charge is 2.32. The molecule has 4 heteroatoms. The fraction of sp³-hybridized carbons (Fsp3) is 0.917. The predicted octanol–water partition coefficient (Wildman–Crippen LogP) is 1.12. The van der Waals surface area contributed by atoms with Crippen molar-refractivity contribution in [1.82, 2.24) is 9.80 Å². The maximum Gasteiger partial charge on any atom is 0.320 e. The van der Waals surface area contributed by atoms with Crippen LogP contribution >= 0.6 is 0 Å². The van der Waals surface area contributed by atoms with Crippen molar-refractivity contribution in [2.75, 3.05) is 33.7 Å². The minimum absolute atomic E-state index is 0.265. The Morgan fingerprint density at radius 2 is 2.19 bits per heavy atom. The molecule has 1 heterocycles. The Hall–Kier alpha value is -0.610. The van der Waals surface area contributed by atoms with Gasteiger partial charge in [0.15, 0.2) is 0 Å². The van der Waals surface area contributed by atoms with Gasteiger partial charge in [0.05, 0.1) is 0 Å². The van der Waals surface area contributed by atoms with Gasteiger partial charge < -0.3 is 10.0 Å². The van der Waals surface area contributed by atoms with Crippen LogP contribution in [0.3, 0.4) is 0 Å². The summed E-state index contributed by atoms with van der Waals surface area (Å²) in [5, 5.41) is 9.23. The number of likely N-dealkylation sites (tertiary alicyclic amines) is 1. The zero-order valence-corrected chi connectivity index (χ0v) is 10.6. The molecule has 94 valence electrons. The first-order valence-electron chi connectivity index (χ1n) is 6.16. The van der Waals surface area contributed by atoms with Crippen LogP contribution in [0.2, 0.25) is 0 Å². The van der Waals surface area contributed by atoms with E-state index in [0.717, 1.165) is 38.9 Å². The summed E-state index contributed by atoms with van der Waals surface area (Å²) in [6, 6.07) is -0.265. The van der Waals surface area contributed by atoms with Gasteiger partial charge in [-0.1, -0.05) is 13.3 Å². The maximum absolute atomic E-state index is 11.2. The first-order valence-corrected chi connectivity index (χ1v) is 6.16. The monoisotopic (exact) mass is 228 g/mol. The molecule has 1 aliphatic heterocycles. The van der Waals surface area contributed by atoms with Gasteiger partial charge in [-0.2, -0.15) is 0 Å². The van der Waals surface area contributed by atoms with Crippen LogP contribution < -0.4 is 0 Å². The number of hydrogen-bond acceptors (Lipinski definition) is 3. The molecule has 0 bridgehead atoms. The Kier molecular flexibility index (Phi) is 5.22. The topological polar surface area (TPSA) is 43.8 Å². The third-order valence-corrected chi connectivity index (χ3v) is 3.52. The van der Waals surface area contributed by atoms with Crippen molar-refractivity contribution in [1.29, 1.82) is 0 Å². The number of nitrogens with zero attached hydrogens (tertiary/aromatic N) is 2. The third kappa shape index (κ3) is 3.76. The second-order valence-electron chi connectivity index (χ2n) is 4.99. The van der Waals surface area contributed by atoms with Gasteiger partial charge in [-0.25, -0.2) is 0 Å². The highest BCUT2D eigenvalue weighted by molar-refractivity contribution is 5.73. The molecule has 1 N–H and O–H groups in total. The van der Waals surface area contributed by atoms with Gasteiger partial charge in [0, 0.05) is 13.1 Å². The molecule has 1 saturated heterocycles. The molecule has 0 saturated carbocycles. The summed E-state index contributed by atoms with van der Waals surface area (Å²) in [4.78, 5) is 15.4. The van der Waals surface area contributed by atoms with Crippen molar-refractivity contribution in [3.05, 3.63) is 0 Å². The molecule has 2 unspecified atom stereocenters. The summed E-state index contributed by atoms with van der Waals surface area (Å²) in [6.45, 7) is 4.88. The normalized spacial score (nSPS) is 27.2. The Bertz CT molecular complexity index is 231. The standard InChI is InChI=1S/C12H24N2O2/c1-4-10-5-6-14(8-7-13(2)3)11(9-10)12(15)16/h10-11H,4-9H2,1-3H3,(H,15,16). The summed E-state index contributed by atoms with van der Waals surface area (Å²) in [7, 11) is 4.04. The minimum Gasteiger partial charge on any atom is -0.480 e. The van der Waals surface area contributed by atoms with Crippen molar-refractivity contribution < 1.29 is 9.90 Å². The lowest BCUT2D eigenvalue weighted by molar-refractivity contribution is -0.145. The van der Waals surface area contributed by atoms with Crippen molar-refractivity contribution >= 4 is 5.97 Å². The molecule has 0 aromatic rings. The van der Waals surface area contributed by atoms with Crippen LogP contribution in [0.1, 0.15) is 26.2 Å². The van der Waals surface area contributed by atoms with Gasteiger partial charge in [-0.05, 0) is 39.4 Å². The largest absolute Gasteiger partial charge is 0.480 e. The second kappa shape index (κ2) is 6.21. The van der Waals surface area contributed by atoms with E-state index in [-0.39, 0.29) is 6.04 Å². The number of carboxylic acids is 1. The number of hydrogen-bond donors (Lipinski definition) is 1. The zero-order chi connectivity index (χ0) is 12.1. The first kappa shape index (κ1) is 13.5. The molecule has 0 aromatic heterocycles.